The molecule has 7 nitrogen and oxygen atoms in total. The summed E-state index contributed by atoms with van der Waals surface area (Å²) in [6, 6.07) is 13.7. The molecule has 156 valence electrons. The summed E-state index contributed by atoms with van der Waals surface area (Å²) < 4.78 is 0. The Labute approximate surface area is 179 Å². The number of benzene rings is 2. The predicted octanol–water partition coefficient (Wildman–Crippen LogP) is 3.56. The largest absolute Gasteiger partial charge is 0.481 e. The molecular formula is C22H22ClN3O4. The smallest absolute Gasteiger partial charge is 0.319 e. The van der Waals surface area contributed by atoms with Crippen molar-refractivity contribution in [1.82, 2.24) is 10.2 Å². The number of hydrogen-bond donors (Lipinski definition) is 3. The molecular weight excluding hydrogens is 406 g/mol. The Morgan fingerprint density at radius 3 is 2.43 bits per heavy atom. The van der Waals surface area contributed by atoms with Gasteiger partial charge in [0, 0.05) is 41.3 Å². The summed E-state index contributed by atoms with van der Waals surface area (Å²) in [5.41, 5.74) is 1.76. The molecule has 2 aromatic rings. The molecule has 1 aliphatic carbocycles. The van der Waals surface area contributed by atoms with Crippen LogP contribution >= 0.6 is 11.6 Å². The van der Waals surface area contributed by atoms with Crippen molar-refractivity contribution >= 4 is 35.2 Å². The first-order valence-electron chi connectivity index (χ1n) is 9.86. The van der Waals surface area contributed by atoms with Gasteiger partial charge in [-0.3, -0.25) is 9.59 Å². The third-order valence-corrected chi connectivity index (χ3v) is 5.75. The van der Waals surface area contributed by atoms with Gasteiger partial charge in [-0.05, 0) is 48.7 Å². The minimum atomic E-state index is -0.933. The van der Waals surface area contributed by atoms with Crippen molar-refractivity contribution in [3.63, 3.8) is 0 Å². The second kappa shape index (κ2) is 8.36. The Hall–Kier alpha value is -3.06. The third kappa shape index (κ3) is 4.57. The maximum atomic E-state index is 13.1. The van der Waals surface area contributed by atoms with Crippen molar-refractivity contribution in [2.24, 2.45) is 5.92 Å². The number of aliphatic carboxylic acids is 1. The fourth-order valence-electron chi connectivity index (χ4n) is 3.76. The fourth-order valence-corrected chi connectivity index (χ4v) is 3.89. The first kappa shape index (κ1) is 20.2. The normalized spacial score (nSPS) is 20.6. The molecule has 3 amide bonds. The van der Waals surface area contributed by atoms with Gasteiger partial charge < -0.3 is 20.6 Å². The van der Waals surface area contributed by atoms with Crippen LogP contribution in [0.1, 0.15) is 34.7 Å². The van der Waals surface area contributed by atoms with Crippen molar-refractivity contribution in [2.75, 3.05) is 18.4 Å². The third-order valence-electron chi connectivity index (χ3n) is 5.50. The zero-order chi connectivity index (χ0) is 21.3. The van der Waals surface area contributed by atoms with Crippen LogP contribution in [-0.4, -0.2) is 47.0 Å². The highest BCUT2D eigenvalue weighted by Gasteiger charge is 2.40. The molecule has 2 fully saturated rings. The van der Waals surface area contributed by atoms with Gasteiger partial charge in [0.15, 0.2) is 0 Å². The Morgan fingerprint density at radius 2 is 1.77 bits per heavy atom. The topological polar surface area (TPSA) is 98.7 Å². The van der Waals surface area contributed by atoms with Gasteiger partial charge in [-0.2, -0.15) is 0 Å². The maximum absolute atomic E-state index is 13.1. The zero-order valence-electron chi connectivity index (χ0n) is 16.2. The van der Waals surface area contributed by atoms with E-state index in [1.165, 1.54) is 0 Å². The molecule has 2 aromatic carbocycles. The van der Waals surface area contributed by atoms with Gasteiger partial charge >= 0.3 is 12.0 Å². The van der Waals surface area contributed by atoms with E-state index in [1.807, 2.05) is 0 Å². The van der Waals surface area contributed by atoms with Gasteiger partial charge in [-0.25, -0.2) is 4.79 Å². The van der Waals surface area contributed by atoms with E-state index in [0.717, 1.165) is 18.4 Å². The van der Waals surface area contributed by atoms with Gasteiger partial charge in [0.05, 0.1) is 5.92 Å². The number of carboxylic acid groups (broad SMARTS) is 1. The Bertz CT molecular complexity index is 975. The average molecular weight is 428 g/mol. The summed E-state index contributed by atoms with van der Waals surface area (Å²) in [6.07, 6.45) is 1.97. The molecule has 3 N–H and O–H groups in total. The molecule has 0 unspecified atom stereocenters. The van der Waals surface area contributed by atoms with Crippen LogP contribution in [0, 0.1) is 5.92 Å². The lowest BCUT2D eigenvalue weighted by molar-refractivity contribution is -0.141. The first-order chi connectivity index (χ1) is 14.4. The van der Waals surface area contributed by atoms with Crippen LogP contribution in [0.2, 0.25) is 5.02 Å². The lowest BCUT2D eigenvalue weighted by Crippen LogP contribution is -2.31. The Morgan fingerprint density at radius 1 is 1.03 bits per heavy atom. The average Bonchev–Trinajstić information content (AvgIpc) is 3.41. The Balaban J connectivity index is 1.48. The number of rotatable bonds is 5. The van der Waals surface area contributed by atoms with Crippen molar-refractivity contribution in [3.8, 4) is 0 Å². The number of urea groups is 1. The number of carbonyl (C=O) groups excluding carboxylic acids is 2. The van der Waals surface area contributed by atoms with Crippen LogP contribution in [0.25, 0.3) is 0 Å². The number of carboxylic acids is 1. The second-order valence-electron chi connectivity index (χ2n) is 7.77. The van der Waals surface area contributed by atoms with Crippen molar-refractivity contribution in [2.45, 2.75) is 24.8 Å². The van der Waals surface area contributed by atoms with Crippen LogP contribution in [0.4, 0.5) is 10.5 Å². The summed E-state index contributed by atoms with van der Waals surface area (Å²) in [4.78, 5) is 38.4. The highest BCUT2D eigenvalue weighted by atomic mass is 35.5. The molecule has 1 saturated carbocycles. The van der Waals surface area contributed by atoms with Gasteiger partial charge in [-0.1, -0.05) is 29.8 Å². The lowest BCUT2D eigenvalue weighted by Gasteiger charge is -2.17. The van der Waals surface area contributed by atoms with Crippen molar-refractivity contribution < 1.29 is 19.5 Å². The van der Waals surface area contributed by atoms with Gasteiger partial charge in [0.25, 0.3) is 5.91 Å². The zero-order valence-corrected chi connectivity index (χ0v) is 16.9. The summed E-state index contributed by atoms with van der Waals surface area (Å²) in [5.74, 6) is -2.20. The Kier molecular flexibility index (Phi) is 5.63. The minimum Gasteiger partial charge on any atom is -0.481 e. The first-order valence-corrected chi connectivity index (χ1v) is 10.2. The summed E-state index contributed by atoms with van der Waals surface area (Å²) in [7, 11) is 0. The summed E-state index contributed by atoms with van der Waals surface area (Å²) in [5, 5.41) is 15.8. The molecule has 2 atom stereocenters. The van der Waals surface area contributed by atoms with E-state index >= 15 is 0 Å². The second-order valence-corrected chi connectivity index (χ2v) is 8.20. The van der Waals surface area contributed by atoms with E-state index in [0.29, 0.717) is 22.8 Å². The van der Waals surface area contributed by atoms with Crippen LogP contribution < -0.4 is 10.6 Å². The summed E-state index contributed by atoms with van der Waals surface area (Å²) in [6.45, 7) is 0.429. The van der Waals surface area contributed by atoms with Gasteiger partial charge in [0.1, 0.15) is 0 Å². The van der Waals surface area contributed by atoms with Crippen LogP contribution in [0.15, 0.2) is 48.5 Å². The molecule has 0 radical (unpaired) electrons. The number of anilines is 1. The predicted molar refractivity (Wildman–Crippen MR) is 113 cm³/mol. The fraction of sp³-hybridized carbons (Fsp3) is 0.318. The van der Waals surface area contributed by atoms with E-state index < -0.39 is 11.9 Å². The van der Waals surface area contributed by atoms with Crippen molar-refractivity contribution in [3.05, 3.63) is 64.7 Å². The maximum Gasteiger partial charge on any atom is 0.319 e. The van der Waals surface area contributed by atoms with Gasteiger partial charge in [0.2, 0.25) is 0 Å². The SMILES string of the molecule is O=C(Nc1cccc(C(=O)N2C[C@@H](C(=O)O)[C@H](c3ccc(Cl)cc3)C2)c1)NC1CC1. The minimum absolute atomic E-state index is 0.126. The number of carbonyl (C=O) groups is 3. The van der Waals surface area contributed by atoms with Crippen LogP contribution in [-0.2, 0) is 4.79 Å². The molecule has 0 aromatic heterocycles. The van der Waals surface area contributed by atoms with E-state index in [2.05, 4.69) is 10.6 Å². The molecule has 2 aliphatic rings. The summed E-state index contributed by atoms with van der Waals surface area (Å²) >= 11 is 5.94. The number of nitrogens with zero attached hydrogens (tertiary/aromatic N) is 1. The molecule has 1 saturated heterocycles. The van der Waals surface area contributed by atoms with Gasteiger partial charge in [-0.15, -0.1) is 0 Å². The van der Waals surface area contributed by atoms with E-state index in [4.69, 9.17) is 11.6 Å². The van der Waals surface area contributed by atoms with E-state index in [1.54, 1.807) is 53.4 Å². The number of amides is 3. The van der Waals surface area contributed by atoms with Crippen LogP contribution in [0.3, 0.4) is 0 Å². The highest BCUT2D eigenvalue weighted by Crippen LogP contribution is 2.34. The molecule has 0 spiro atoms. The van der Waals surface area contributed by atoms with E-state index in [-0.39, 0.29) is 30.4 Å². The number of likely N-dealkylation sites (tertiary alicyclic amines) is 1. The quantitative estimate of drug-likeness (QED) is 0.679. The monoisotopic (exact) mass is 427 g/mol. The molecule has 4 rings (SSSR count). The number of halogens is 1. The van der Waals surface area contributed by atoms with Crippen LogP contribution in [0.5, 0.6) is 0 Å². The molecule has 1 aliphatic heterocycles. The molecule has 8 heteroatoms. The molecule has 30 heavy (non-hydrogen) atoms. The number of hydrogen-bond acceptors (Lipinski definition) is 3. The molecule has 0 bridgehead atoms. The van der Waals surface area contributed by atoms with E-state index in [9.17, 15) is 19.5 Å². The van der Waals surface area contributed by atoms with Crippen molar-refractivity contribution in [1.29, 1.82) is 0 Å². The molecule has 1 heterocycles. The highest BCUT2D eigenvalue weighted by molar-refractivity contribution is 6.30. The standard InChI is InChI=1S/C22H22ClN3O4/c23-15-6-4-13(5-7-15)18-11-26(12-19(18)21(28)29)20(27)14-2-1-3-17(10-14)25-22(30)24-16-8-9-16/h1-7,10,16,18-19H,8-9,11-12H2,(H,28,29)(H2,24,25,30)/t18-,19+/m0/s1. The number of nitrogens with one attached hydrogen (secondary N) is 2. The lowest BCUT2D eigenvalue weighted by atomic mass is 9.89.